The van der Waals surface area contributed by atoms with E-state index >= 15 is 0 Å². The number of nitrogens with zero attached hydrogens (tertiary/aromatic N) is 2. The van der Waals surface area contributed by atoms with Crippen LogP contribution in [0.1, 0.15) is 10.4 Å². The van der Waals surface area contributed by atoms with Crippen LogP contribution in [0.3, 0.4) is 0 Å². The molecule has 0 saturated carbocycles. The zero-order valence-corrected chi connectivity index (χ0v) is 17.8. The number of hydrogen-bond donors (Lipinski definition) is 1. The number of halogens is 1. The summed E-state index contributed by atoms with van der Waals surface area (Å²) >= 11 is 0. The lowest BCUT2D eigenvalue weighted by Gasteiger charge is -2.21. The molecule has 0 aliphatic heterocycles. The van der Waals surface area contributed by atoms with E-state index in [9.17, 15) is 27.7 Å². The van der Waals surface area contributed by atoms with Gasteiger partial charge in [-0.1, -0.05) is 12.1 Å². The van der Waals surface area contributed by atoms with Crippen LogP contribution in [0.5, 0.6) is 5.75 Å². The second-order valence-corrected chi connectivity index (χ2v) is 8.52. The van der Waals surface area contributed by atoms with E-state index in [2.05, 4.69) is 5.32 Å². The molecule has 166 valence electrons. The molecule has 0 fully saturated rings. The third kappa shape index (κ3) is 4.52. The molecule has 11 heteroatoms. The zero-order chi connectivity index (χ0) is 23.5. The molecule has 0 aliphatic rings. The van der Waals surface area contributed by atoms with Crippen molar-refractivity contribution < 1.29 is 27.3 Å². The second-order valence-electron chi connectivity index (χ2n) is 6.55. The molecule has 3 aromatic rings. The fraction of sp³-hybridized carbons (Fsp3) is 0.0952. The number of benzene rings is 3. The van der Waals surface area contributed by atoms with Crippen LogP contribution in [0, 0.1) is 15.9 Å². The molecular formula is C21H18FN3O6S. The van der Waals surface area contributed by atoms with E-state index < -0.39 is 32.4 Å². The highest BCUT2D eigenvalue weighted by molar-refractivity contribution is 7.92. The summed E-state index contributed by atoms with van der Waals surface area (Å²) in [5, 5.41) is 13.3. The van der Waals surface area contributed by atoms with Crippen LogP contribution in [0.25, 0.3) is 0 Å². The molecule has 3 rings (SSSR count). The summed E-state index contributed by atoms with van der Waals surface area (Å²) in [7, 11) is -1.12. The number of nitro benzene ring substituents is 1. The first-order valence-electron chi connectivity index (χ1n) is 9.12. The van der Waals surface area contributed by atoms with Crippen LogP contribution < -0.4 is 14.4 Å². The summed E-state index contributed by atoms with van der Waals surface area (Å²) in [6.45, 7) is 0. The standard InChI is InChI=1S/C21H18FN3O6S/c1-24(18-5-3-4-6-20(18)31-2)32(29,30)16-10-7-14(8-11-16)21(26)23-15-9-12-17(22)19(13-15)25(27)28/h3-13H,1-2H3,(H,23,26). The summed E-state index contributed by atoms with van der Waals surface area (Å²) in [5.41, 5.74) is -0.301. The van der Waals surface area contributed by atoms with Crippen molar-refractivity contribution in [1.82, 2.24) is 0 Å². The van der Waals surface area contributed by atoms with Crippen molar-refractivity contribution in [3.05, 3.63) is 88.2 Å². The summed E-state index contributed by atoms with van der Waals surface area (Å²) in [4.78, 5) is 22.3. The number of sulfonamides is 1. The molecule has 0 spiro atoms. The van der Waals surface area contributed by atoms with Gasteiger partial charge in [-0.15, -0.1) is 0 Å². The van der Waals surface area contributed by atoms with Crippen LogP contribution in [-0.2, 0) is 10.0 Å². The van der Waals surface area contributed by atoms with Crippen molar-refractivity contribution in [2.45, 2.75) is 4.90 Å². The van der Waals surface area contributed by atoms with E-state index in [-0.39, 0.29) is 16.1 Å². The first-order valence-corrected chi connectivity index (χ1v) is 10.6. The maximum Gasteiger partial charge on any atom is 0.306 e. The van der Waals surface area contributed by atoms with E-state index in [4.69, 9.17) is 4.74 Å². The maximum atomic E-state index is 13.4. The molecule has 0 radical (unpaired) electrons. The van der Waals surface area contributed by atoms with Crippen molar-refractivity contribution in [1.29, 1.82) is 0 Å². The highest BCUT2D eigenvalue weighted by Gasteiger charge is 2.24. The first-order chi connectivity index (χ1) is 15.1. The van der Waals surface area contributed by atoms with Gasteiger partial charge < -0.3 is 10.1 Å². The number of nitro groups is 1. The number of amides is 1. The van der Waals surface area contributed by atoms with Crippen molar-refractivity contribution >= 4 is 33.0 Å². The van der Waals surface area contributed by atoms with Gasteiger partial charge in [0.25, 0.3) is 15.9 Å². The number of anilines is 2. The number of hydrogen-bond acceptors (Lipinski definition) is 6. The Morgan fingerprint density at radius 2 is 1.75 bits per heavy atom. The lowest BCUT2D eigenvalue weighted by molar-refractivity contribution is -0.387. The number of rotatable bonds is 7. The third-order valence-corrected chi connectivity index (χ3v) is 6.39. The van der Waals surface area contributed by atoms with E-state index in [1.54, 1.807) is 24.3 Å². The average Bonchev–Trinajstić information content (AvgIpc) is 2.79. The fourth-order valence-electron chi connectivity index (χ4n) is 2.89. The molecule has 0 heterocycles. The van der Waals surface area contributed by atoms with Gasteiger partial charge in [0, 0.05) is 24.4 Å². The summed E-state index contributed by atoms with van der Waals surface area (Å²) < 4.78 is 45.7. The Labute approximate surface area is 183 Å². The van der Waals surface area contributed by atoms with Gasteiger partial charge >= 0.3 is 5.69 Å². The lowest BCUT2D eigenvalue weighted by atomic mass is 10.2. The SMILES string of the molecule is COc1ccccc1N(C)S(=O)(=O)c1ccc(C(=O)Nc2ccc(F)c([N+](=O)[O-])c2)cc1. The lowest BCUT2D eigenvalue weighted by Crippen LogP contribution is -2.27. The second kappa shape index (κ2) is 9.02. The number of carbonyl (C=O) groups excluding carboxylic acids is 1. The Balaban J connectivity index is 1.82. The van der Waals surface area contributed by atoms with Crippen LogP contribution in [0.4, 0.5) is 21.5 Å². The molecule has 3 aromatic carbocycles. The van der Waals surface area contributed by atoms with E-state index in [1.165, 1.54) is 44.5 Å². The molecule has 0 aliphatic carbocycles. The predicted octanol–water partition coefficient (Wildman–Crippen LogP) is 3.82. The van der Waals surface area contributed by atoms with Crippen LogP contribution >= 0.6 is 0 Å². The minimum absolute atomic E-state index is 0.0238. The molecule has 9 nitrogen and oxygen atoms in total. The summed E-state index contributed by atoms with van der Waals surface area (Å²) in [6.07, 6.45) is 0. The van der Waals surface area contributed by atoms with Gasteiger partial charge in [-0.2, -0.15) is 4.39 Å². The molecule has 32 heavy (non-hydrogen) atoms. The summed E-state index contributed by atoms with van der Waals surface area (Å²) in [5.74, 6) is -1.29. The van der Waals surface area contributed by atoms with Crippen molar-refractivity contribution in [2.75, 3.05) is 23.8 Å². The monoisotopic (exact) mass is 459 g/mol. The molecule has 0 bridgehead atoms. The number of carbonyl (C=O) groups is 1. The highest BCUT2D eigenvalue weighted by atomic mass is 32.2. The minimum atomic E-state index is -3.94. The first kappa shape index (κ1) is 22.7. The molecule has 1 N–H and O–H groups in total. The fourth-order valence-corrected chi connectivity index (χ4v) is 4.10. The van der Waals surface area contributed by atoms with Crippen LogP contribution in [-0.4, -0.2) is 33.4 Å². The molecule has 1 amide bonds. The third-order valence-electron chi connectivity index (χ3n) is 4.60. The van der Waals surface area contributed by atoms with Gasteiger partial charge in [0.05, 0.1) is 22.6 Å². The topological polar surface area (TPSA) is 119 Å². The predicted molar refractivity (Wildman–Crippen MR) is 116 cm³/mol. The minimum Gasteiger partial charge on any atom is -0.495 e. The normalized spacial score (nSPS) is 11.0. The van der Waals surface area contributed by atoms with Crippen molar-refractivity contribution in [3.8, 4) is 5.75 Å². The number of methoxy groups -OCH3 is 1. The molecule has 0 saturated heterocycles. The Morgan fingerprint density at radius 1 is 1.09 bits per heavy atom. The summed E-state index contributed by atoms with van der Waals surface area (Å²) in [6, 6.07) is 14.7. The number of nitrogens with one attached hydrogen (secondary N) is 1. The van der Waals surface area contributed by atoms with Gasteiger partial charge in [0.1, 0.15) is 5.75 Å². The maximum absolute atomic E-state index is 13.4. The highest BCUT2D eigenvalue weighted by Crippen LogP contribution is 2.31. The number of para-hydroxylation sites is 2. The Bertz CT molecular complexity index is 1280. The van der Waals surface area contributed by atoms with Crippen LogP contribution in [0.2, 0.25) is 0 Å². The molecule has 0 aromatic heterocycles. The van der Waals surface area contributed by atoms with Gasteiger partial charge in [-0.05, 0) is 48.5 Å². The molecule has 0 unspecified atom stereocenters. The van der Waals surface area contributed by atoms with Crippen LogP contribution in [0.15, 0.2) is 71.6 Å². The zero-order valence-electron chi connectivity index (χ0n) is 17.0. The Hall–Kier alpha value is -3.99. The Kier molecular flexibility index (Phi) is 6.40. The largest absolute Gasteiger partial charge is 0.495 e. The van der Waals surface area contributed by atoms with E-state index in [1.807, 2.05) is 0 Å². The van der Waals surface area contributed by atoms with Gasteiger partial charge in [0.2, 0.25) is 5.82 Å². The molecule has 0 atom stereocenters. The van der Waals surface area contributed by atoms with Gasteiger partial charge in [0.15, 0.2) is 0 Å². The molecular weight excluding hydrogens is 441 g/mol. The number of ether oxygens (including phenoxy) is 1. The van der Waals surface area contributed by atoms with Crippen molar-refractivity contribution in [2.24, 2.45) is 0 Å². The van der Waals surface area contributed by atoms with Crippen molar-refractivity contribution in [3.63, 3.8) is 0 Å². The van der Waals surface area contributed by atoms with E-state index in [0.29, 0.717) is 11.4 Å². The quantitative estimate of drug-likeness (QED) is 0.424. The van der Waals surface area contributed by atoms with E-state index in [0.717, 1.165) is 16.4 Å². The van der Waals surface area contributed by atoms with Gasteiger partial charge in [-0.25, -0.2) is 8.42 Å². The average molecular weight is 459 g/mol. The smallest absolute Gasteiger partial charge is 0.306 e. The Morgan fingerprint density at radius 3 is 2.38 bits per heavy atom. The van der Waals surface area contributed by atoms with Gasteiger partial charge in [-0.3, -0.25) is 19.2 Å².